The van der Waals surface area contributed by atoms with Gasteiger partial charge in [0.15, 0.2) is 0 Å². The quantitative estimate of drug-likeness (QED) is 0.861. The number of amides is 1. The molecule has 0 unspecified atom stereocenters. The van der Waals surface area contributed by atoms with Crippen molar-refractivity contribution in [3.8, 4) is 0 Å². The first kappa shape index (κ1) is 17.4. The fourth-order valence-corrected chi connectivity index (χ4v) is 5.29. The Kier molecular flexibility index (Phi) is 4.70. The Labute approximate surface area is 143 Å². The summed E-state index contributed by atoms with van der Waals surface area (Å²) in [6.45, 7) is 6.92. The van der Waals surface area contributed by atoms with Gasteiger partial charge in [-0.1, -0.05) is 12.8 Å². The molecule has 0 bridgehead atoms. The molecule has 1 saturated heterocycles. The number of hydrogen-bond donors (Lipinski definition) is 1. The van der Waals surface area contributed by atoms with Crippen LogP contribution in [0, 0.1) is 13.8 Å². The molecular weight excluding hydrogens is 328 g/mol. The maximum absolute atomic E-state index is 12.7. The van der Waals surface area contributed by atoms with Crippen LogP contribution in [0.4, 0.5) is 0 Å². The molecule has 1 aromatic rings. The number of carbonyl (C=O) groups is 1. The first-order chi connectivity index (χ1) is 11.3. The third-order valence-corrected chi connectivity index (χ3v) is 6.99. The van der Waals surface area contributed by atoms with Crippen molar-refractivity contribution in [3.63, 3.8) is 0 Å². The number of rotatable bonds is 5. The first-order valence-electron chi connectivity index (χ1n) is 8.68. The second kappa shape index (κ2) is 6.48. The highest BCUT2D eigenvalue weighted by Gasteiger charge is 2.42. The Balaban J connectivity index is 1.63. The maximum atomic E-state index is 12.7. The normalized spacial score (nSPS) is 19.7. The number of nitrogens with one attached hydrogen (secondary N) is 1. The molecule has 1 amide bonds. The molecule has 1 aliphatic carbocycles. The maximum Gasteiger partial charge on any atom is 0.257 e. The molecule has 2 heterocycles. The highest BCUT2D eigenvalue weighted by Crippen LogP contribution is 2.24. The van der Waals surface area contributed by atoms with Gasteiger partial charge in [0.1, 0.15) is 5.25 Å². The van der Waals surface area contributed by atoms with Gasteiger partial charge in [-0.25, -0.2) is 13.1 Å². The summed E-state index contributed by atoms with van der Waals surface area (Å²) < 4.78 is 29.4. The molecule has 0 radical (unpaired) electrons. The van der Waals surface area contributed by atoms with Gasteiger partial charge >= 0.3 is 0 Å². The minimum absolute atomic E-state index is 0.0760. The molecule has 7 nitrogen and oxygen atoms in total. The number of hydrogen-bond acceptors (Lipinski definition) is 4. The van der Waals surface area contributed by atoms with Crippen LogP contribution in [0.3, 0.4) is 0 Å². The topological polar surface area (TPSA) is 84.3 Å². The molecule has 0 aromatic carbocycles. The lowest BCUT2D eigenvalue weighted by Gasteiger charge is -2.39. The summed E-state index contributed by atoms with van der Waals surface area (Å²) in [5.74, 6) is -0.114. The van der Waals surface area contributed by atoms with E-state index in [4.69, 9.17) is 0 Å². The van der Waals surface area contributed by atoms with E-state index in [1.54, 1.807) is 9.58 Å². The summed E-state index contributed by atoms with van der Waals surface area (Å²) in [6, 6.07) is 0.0760. The van der Waals surface area contributed by atoms with Gasteiger partial charge in [0.2, 0.25) is 10.0 Å². The lowest BCUT2D eigenvalue weighted by Crippen LogP contribution is -2.60. The molecule has 1 saturated carbocycles. The zero-order valence-corrected chi connectivity index (χ0v) is 15.4. The minimum Gasteiger partial charge on any atom is -0.336 e. The van der Waals surface area contributed by atoms with Crippen molar-refractivity contribution in [2.45, 2.75) is 64.3 Å². The standard InChI is InChI=1S/C16H26N4O3S/c1-4-20-12(3)15(11(2)17-20)16(21)19-9-14(10-19)24(22,23)18-13-7-5-6-8-13/h13-14,18H,4-10H2,1-3H3. The fourth-order valence-electron chi connectivity index (χ4n) is 3.64. The Bertz CT molecular complexity index is 729. The van der Waals surface area contributed by atoms with Gasteiger partial charge in [0, 0.05) is 31.4 Å². The van der Waals surface area contributed by atoms with Crippen LogP contribution in [0.25, 0.3) is 0 Å². The number of aryl methyl sites for hydroxylation is 2. The van der Waals surface area contributed by atoms with Crippen LogP contribution in [0.2, 0.25) is 0 Å². The van der Waals surface area contributed by atoms with E-state index in [-0.39, 0.29) is 25.0 Å². The smallest absolute Gasteiger partial charge is 0.257 e. The van der Waals surface area contributed by atoms with Gasteiger partial charge in [0.25, 0.3) is 5.91 Å². The zero-order valence-electron chi connectivity index (χ0n) is 14.6. The lowest BCUT2D eigenvalue weighted by atomic mass is 10.1. The molecule has 1 aliphatic heterocycles. The zero-order chi connectivity index (χ0) is 17.5. The summed E-state index contributed by atoms with van der Waals surface area (Å²) in [7, 11) is -3.34. The van der Waals surface area contributed by atoms with Crippen LogP contribution in [0.1, 0.15) is 54.4 Å². The SMILES string of the molecule is CCn1nc(C)c(C(=O)N2CC(S(=O)(=O)NC3CCCC3)C2)c1C. The van der Waals surface area contributed by atoms with Gasteiger partial charge in [-0.2, -0.15) is 5.10 Å². The van der Waals surface area contributed by atoms with Crippen molar-refractivity contribution in [2.24, 2.45) is 0 Å². The number of nitrogens with zero attached hydrogens (tertiary/aromatic N) is 3. The van der Waals surface area contributed by atoms with Crippen LogP contribution in [0.5, 0.6) is 0 Å². The van der Waals surface area contributed by atoms with Gasteiger partial charge < -0.3 is 4.90 Å². The van der Waals surface area contributed by atoms with Crippen molar-refractivity contribution in [2.75, 3.05) is 13.1 Å². The molecule has 24 heavy (non-hydrogen) atoms. The number of likely N-dealkylation sites (tertiary alicyclic amines) is 1. The molecule has 134 valence electrons. The number of aromatic nitrogens is 2. The second-order valence-electron chi connectivity index (χ2n) is 6.84. The largest absolute Gasteiger partial charge is 0.336 e. The summed E-state index contributed by atoms with van der Waals surface area (Å²) in [5, 5.41) is 3.87. The Morgan fingerprint density at radius 1 is 1.25 bits per heavy atom. The van der Waals surface area contributed by atoms with Gasteiger partial charge in [-0.3, -0.25) is 9.48 Å². The molecular formula is C16H26N4O3S. The van der Waals surface area contributed by atoms with E-state index < -0.39 is 15.3 Å². The molecule has 8 heteroatoms. The van der Waals surface area contributed by atoms with E-state index in [0.717, 1.165) is 31.4 Å². The minimum atomic E-state index is -3.34. The molecule has 1 N–H and O–H groups in total. The number of sulfonamides is 1. The van der Waals surface area contributed by atoms with Crippen LogP contribution in [-0.2, 0) is 16.6 Å². The summed E-state index contributed by atoms with van der Waals surface area (Å²) in [4.78, 5) is 14.3. The van der Waals surface area contributed by atoms with Gasteiger partial charge in [-0.05, 0) is 33.6 Å². The highest BCUT2D eigenvalue weighted by molar-refractivity contribution is 7.90. The van der Waals surface area contributed by atoms with Crippen molar-refractivity contribution in [1.82, 2.24) is 19.4 Å². The predicted molar refractivity (Wildman–Crippen MR) is 91.4 cm³/mol. The summed E-state index contributed by atoms with van der Waals surface area (Å²) >= 11 is 0. The van der Waals surface area contributed by atoms with E-state index >= 15 is 0 Å². The fraction of sp³-hybridized carbons (Fsp3) is 0.750. The van der Waals surface area contributed by atoms with E-state index in [0.29, 0.717) is 17.8 Å². The molecule has 1 aromatic heterocycles. The molecule has 0 atom stereocenters. The Morgan fingerprint density at radius 2 is 1.88 bits per heavy atom. The number of carbonyl (C=O) groups excluding carboxylic acids is 1. The van der Waals surface area contributed by atoms with Crippen LogP contribution in [0.15, 0.2) is 0 Å². The monoisotopic (exact) mass is 354 g/mol. The van der Waals surface area contributed by atoms with Crippen LogP contribution < -0.4 is 4.72 Å². The van der Waals surface area contributed by atoms with E-state index in [1.165, 1.54) is 0 Å². The summed E-state index contributed by atoms with van der Waals surface area (Å²) in [5.41, 5.74) is 2.15. The lowest BCUT2D eigenvalue weighted by molar-refractivity contribution is 0.0656. The van der Waals surface area contributed by atoms with E-state index in [1.807, 2.05) is 20.8 Å². The Morgan fingerprint density at radius 3 is 2.42 bits per heavy atom. The molecule has 3 rings (SSSR count). The highest BCUT2D eigenvalue weighted by atomic mass is 32.2. The molecule has 0 spiro atoms. The van der Waals surface area contributed by atoms with Crippen LogP contribution in [-0.4, -0.2) is 53.4 Å². The van der Waals surface area contributed by atoms with Crippen LogP contribution >= 0.6 is 0 Å². The third kappa shape index (κ3) is 3.09. The van der Waals surface area contributed by atoms with Crippen molar-refractivity contribution in [3.05, 3.63) is 17.0 Å². The first-order valence-corrected chi connectivity index (χ1v) is 10.2. The second-order valence-corrected chi connectivity index (χ2v) is 8.83. The van der Waals surface area contributed by atoms with Crippen molar-refractivity contribution < 1.29 is 13.2 Å². The predicted octanol–water partition coefficient (Wildman–Crippen LogP) is 1.21. The average molecular weight is 354 g/mol. The van der Waals surface area contributed by atoms with E-state index in [2.05, 4.69) is 9.82 Å². The third-order valence-electron chi connectivity index (χ3n) is 5.16. The van der Waals surface area contributed by atoms with E-state index in [9.17, 15) is 13.2 Å². The summed E-state index contributed by atoms with van der Waals surface area (Å²) in [6.07, 6.45) is 4.01. The Hall–Kier alpha value is -1.41. The van der Waals surface area contributed by atoms with Gasteiger partial charge in [0.05, 0.1) is 11.3 Å². The molecule has 2 aliphatic rings. The van der Waals surface area contributed by atoms with Crippen molar-refractivity contribution >= 4 is 15.9 Å². The van der Waals surface area contributed by atoms with Crippen molar-refractivity contribution in [1.29, 1.82) is 0 Å². The average Bonchev–Trinajstić information content (AvgIpc) is 3.04. The van der Waals surface area contributed by atoms with Gasteiger partial charge in [-0.15, -0.1) is 0 Å². The molecule has 2 fully saturated rings.